The number of allylic oxidation sites excluding steroid dienone is 5. The molecular formula is C64H46N2. The summed E-state index contributed by atoms with van der Waals surface area (Å²) >= 11 is 0. The van der Waals surface area contributed by atoms with Crippen LogP contribution in [0.2, 0.25) is 0 Å². The van der Waals surface area contributed by atoms with Crippen LogP contribution in [0.4, 0.5) is 17.1 Å². The SMILES string of the molecule is C1=CC2=Cc3c(c4c(-c5cccc(N(c6ccc(-c7cccc(-c8ccccc8)c7)cc6)c6ccc(-c7cccc(-c8ccccc8)c7)cc6)c5)cccc4n3-c3ccccc3)CC2C=C1. The molecule has 2 heteroatoms. The smallest absolute Gasteiger partial charge is 0.0543 e. The molecule has 0 fully saturated rings. The maximum Gasteiger partial charge on any atom is 0.0543 e. The first kappa shape index (κ1) is 39.2. The Morgan fingerprint density at radius 2 is 0.894 bits per heavy atom. The van der Waals surface area contributed by atoms with Crippen molar-refractivity contribution >= 4 is 34.0 Å². The van der Waals surface area contributed by atoms with Crippen molar-refractivity contribution < 1.29 is 0 Å². The van der Waals surface area contributed by atoms with Gasteiger partial charge < -0.3 is 9.47 Å². The molecule has 12 rings (SSSR count). The van der Waals surface area contributed by atoms with E-state index in [1.165, 1.54) is 89.1 Å². The van der Waals surface area contributed by atoms with Crippen LogP contribution in [0.1, 0.15) is 11.3 Å². The van der Waals surface area contributed by atoms with E-state index < -0.39 is 0 Å². The van der Waals surface area contributed by atoms with Gasteiger partial charge in [0, 0.05) is 34.1 Å². The molecule has 1 aromatic heterocycles. The summed E-state index contributed by atoms with van der Waals surface area (Å²) in [7, 11) is 0. The van der Waals surface area contributed by atoms with E-state index >= 15 is 0 Å². The van der Waals surface area contributed by atoms with Gasteiger partial charge in [0.25, 0.3) is 0 Å². The lowest BCUT2D eigenvalue weighted by molar-refractivity contribution is 0.758. The highest BCUT2D eigenvalue weighted by molar-refractivity contribution is 6.02. The standard InChI is InChI=1S/C64H46N2/c1-4-16-45(17-5-1)49-22-12-24-51(40-49)47-32-36-57(37-33-47)65(58-38-34-48(35-39-58)52-25-13-23-50(41-52)46-18-6-2-7-19-46)59-29-14-26-55(42-59)60-30-15-31-62-64(60)61-43-53-20-10-11-21-54(53)44-63(61)66(62)56-27-8-3-9-28-56/h1-42,44,53H,43H2. The van der Waals surface area contributed by atoms with Crippen LogP contribution in [0.25, 0.3) is 78.3 Å². The molecule has 0 aliphatic heterocycles. The average Bonchev–Trinajstić information content (AvgIpc) is 3.72. The van der Waals surface area contributed by atoms with Crippen LogP contribution in [0.5, 0.6) is 0 Å². The zero-order valence-corrected chi connectivity index (χ0v) is 36.5. The van der Waals surface area contributed by atoms with Gasteiger partial charge >= 0.3 is 0 Å². The molecule has 66 heavy (non-hydrogen) atoms. The third-order valence-electron chi connectivity index (χ3n) is 13.3. The number of aromatic nitrogens is 1. The van der Waals surface area contributed by atoms with Gasteiger partial charge in [-0.15, -0.1) is 0 Å². The fraction of sp³-hybridized carbons (Fsp3) is 0.0312. The van der Waals surface area contributed by atoms with E-state index in [4.69, 9.17) is 0 Å². The first-order valence-corrected chi connectivity index (χ1v) is 22.9. The third-order valence-corrected chi connectivity index (χ3v) is 13.3. The lowest BCUT2D eigenvalue weighted by Crippen LogP contribution is -2.12. The fourth-order valence-electron chi connectivity index (χ4n) is 10.1. The topological polar surface area (TPSA) is 8.17 Å². The molecule has 0 saturated heterocycles. The van der Waals surface area contributed by atoms with E-state index in [1.807, 2.05) is 0 Å². The zero-order chi connectivity index (χ0) is 43.8. The summed E-state index contributed by atoms with van der Waals surface area (Å²) in [5.74, 6) is 0.361. The zero-order valence-electron chi connectivity index (χ0n) is 36.5. The number of nitrogens with zero attached hydrogens (tertiary/aromatic N) is 2. The first-order chi connectivity index (χ1) is 32.7. The number of anilines is 3. The van der Waals surface area contributed by atoms with E-state index in [0.29, 0.717) is 5.92 Å². The second-order valence-corrected chi connectivity index (χ2v) is 17.3. The average molecular weight is 843 g/mol. The first-order valence-electron chi connectivity index (χ1n) is 22.9. The fourth-order valence-corrected chi connectivity index (χ4v) is 10.1. The molecule has 0 bridgehead atoms. The molecule has 2 aliphatic rings. The second-order valence-electron chi connectivity index (χ2n) is 17.3. The second kappa shape index (κ2) is 16.9. The van der Waals surface area contributed by atoms with Gasteiger partial charge in [-0.3, -0.25) is 0 Å². The van der Waals surface area contributed by atoms with Crippen LogP contribution < -0.4 is 4.90 Å². The van der Waals surface area contributed by atoms with Crippen LogP contribution in [-0.2, 0) is 6.42 Å². The van der Waals surface area contributed by atoms with E-state index in [1.54, 1.807) is 0 Å². The van der Waals surface area contributed by atoms with Crippen molar-refractivity contribution in [3.8, 4) is 61.3 Å². The Morgan fingerprint density at radius 3 is 1.48 bits per heavy atom. The Bertz CT molecular complexity index is 3340. The molecule has 1 atom stereocenters. The van der Waals surface area contributed by atoms with Crippen molar-refractivity contribution in [2.45, 2.75) is 6.42 Å². The van der Waals surface area contributed by atoms with Crippen LogP contribution >= 0.6 is 0 Å². The third kappa shape index (κ3) is 7.29. The largest absolute Gasteiger partial charge is 0.310 e. The minimum absolute atomic E-state index is 0.361. The molecule has 2 nitrogen and oxygen atoms in total. The lowest BCUT2D eigenvalue weighted by atomic mass is 9.82. The van der Waals surface area contributed by atoms with Crippen LogP contribution in [-0.4, -0.2) is 4.57 Å². The molecule has 312 valence electrons. The summed E-state index contributed by atoms with van der Waals surface area (Å²) in [6, 6.07) is 83.8. The van der Waals surface area contributed by atoms with E-state index in [2.05, 4.69) is 270 Å². The summed E-state index contributed by atoms with van der Waals surface area (Å²) in [5, 5.41) is 1.32. The van der Waals surface area contributed by atoms with E-state index in [0.717, 1.165) is 23.5 Å². The van der Waals surface area contributed by atoms with Gasteiger partial charge in [-0.2, -0.15) is 0 Å². The monoisotopic (exact) mass is 842 g/mol. The minimum Gasteiger partial charge on any atom is -0.310 e. The van der Waals surface area contributed by atoms with Gasteiger partial charge in [-0.25, -0.2) is 0 Å². The van der Waals surface area contributed by atoms with E-state index in [9.17, 15) is 0 Å². The van der Waals surface area contributed by atoms with Crippen molar-refractivity contribution in [3.63, 3.8) is 0 Å². The summed E-state index contributed by atoms with van der Waals surface area (Å²) in [5.41, 5.74) is 21.8. The predicted octanol–water partition coefficient (Wildman–Crippen LogP) is 17.1. The van der Waals surface area contributed by atoms with Crippen molar-refractivity contribution in [1.29, 1.82) is 0 Å². The number of para-hydroxylation sites is 1. The molecule has 9 aromatic carbocycles. The maximum absolute atomic E-state index is 2.47. The number of hydrogen-bond acceptors (Lipinski definition) is 1. The summed E-state index contributed by atoms with van der Waals surface area (Å²) in [4.78, 5) is 2.40. The lowest BCUT2D eigenvalue weighted by Gasteiger charge is -2.27. The highest BCUT2D eigenvalue weighted by Crippen LogP contribution is 2.45. The summed E-state index contributed by atoms with van der Waals surface area (Å²) < 4.78 is 2.47. The van der Waals surface area contributed by atoms with Gasteiger partial charge in [-0.05, 0) is 146 Å². The quantitative estimate of drug-likeness (QED) is 0.141. The molecule has 1 unspecified atom stereocenters. The molecule has 0 spiro atoms. The minimum atomic E-state index is 0.361. The highest BCUT2D eigenvalue weighted by Gasteiger charge is 2.28. The van der Waals surface area contributed by atoms with Crippen molar-refractivity contribution in [2.75, 3.05) is 4.90 Å². The Labute approximate surface area is 387 Å². The number of rotatable bonds is 9. The van der Waals surface area contributed by atoms with Gasteiger partial charge in [0.05, 0.1) is 11.2 Å². The van der Waals surface area contributed by atoms with Crippen molar-refractivity contribution in [2.24, 2.45) is 5.92 Å². The van der Waals surface area contributed by atoms with Crippen LogP contribution in [0, 0.1) is 5.92 Å². The molecule has 10 aromatic rings. The Hall–Kier alpha value is -8.46. The van der Waals surface area contributed by atoms with Crippen molar-refractivity contribution in [1.82, 2.24) is 4.57 Å². The van der Waals surface area contributed by atoms with Crippen LogP contribution in [0.15, 0.2) is 260 Å². The number of benzene rings is 9. The number of hydrogen-bond donors (Lipinski definition) is 0. The molecule has 2 aliphatic carbocycles. The summed E-state index contributed by atoms with van der Waals surface area (Å²) in [6.07, 6.45) is 12.4. The summed E-state index contributed by atoms with van der Waals surface area (Å²) in [6.45, 7) is 0. The molecule has 0 radical (unpaired) electrons. The molecule has 0 saturated carbocycles. The van der Waals surface area contributed by atoms with E-state index in [-0.39, 0.29) is 0 Å². The molecular weight excluding hydrogens is 797 g/mol. The Kier molecular flexibility index (Phi) is 10.0. The predicted molar refractivity (Wildman–Crippen MR) is 279 cm³/mol. The Morgan fingerprint density at radius 1 is 0.394 bits per heavy atom. The van der Waals surface area contributed by atoms with Crippen molar-refractivity contribution in [3.05, 3.63) is 272 Å². The molecule has 0 amide bonds. The van der Waals surface area contributed by atoms with Gasteiger partial charge in [0.15, 0.2) is 0 Å². The molecule has 1 heterocycles. The Balaban J connectivity index is 0.972. The van der Waals surface area contributed by atoms with Gasteiger partial charge in [0.1, 0.15) is 0 Å². The number of fused-ring (bicyclic) bond motifs is 4. The maximum atomic E-state index is 2.47. The van der Waals surface area contributed by atoms with Gasteiger partial charge in [0.2, 0.25) is 0 Å². The molecule has 0 N–H and O–H groups in total. The van der Waals surface area contributed by atoms with Crippen LogP contribution in [0.3, 0.4) is 0 Å². The normalized spacial score (nSPS) is 13.8. The van der Waals surface area contributed by atoms with Gasteiger partial charge in [-0.1, -0.05) is 188 Å². The highest BCUT2D eigenvalue weighted by atomic mass is 15.1.